The lowest BCUT2D eigenvalue weighted by atomic mass is 10.2. The minimum atomic E-state index is -0.196. The van der Waals surface area contributed by atoms with E-state index in [4.69, 9.17) is 11.6 Å². The number of carbonyl (C=O) groups is 1. The molecule has 122 valence electrons. The van der Waals surface area contributed by atoms with E-state index in [-0.39, 0.29) is 17.9 Å². The largest absolute Gasteiger partial charge is 0.326 e. The average Bonchev–Trinajstić information content (AvgIpc) is 2.59. The van der Waals surface area contributed by atoms with Crippen molar-refractivity contribution in [3.63, 3.8) is 0 Å². The standard InChI is InChI=1S/C17H15ClN4O2/c18-12-7-9-13(10-8-12)19-16(23)6-3-11-22-17(24)14-4-1-2-5-15(14)20-21-22/h1-2,4-5,7-10H,3,6,11H2,(H,19,23). The minimum absolute atomic E-state index is 0.126. The molecule has 0 aliphatic rings. The third-order valence-corrected chi connectivity index (χ3v) is 3.78. The molecule has 7 heteroatoms. The van der Waals surface area contributed by atoms with Crippen molar-refractivity contribution in [3.05, 3.63) is 63.9 Å². The number of hydrogen-bond donors (Lipinski definition) is 1. The van der Waals surface area contributed by atoms with Crippen LogP contribution in [0.5, 0.6) is 0 Å². The van der Waals surface area contributed by atoms with Crippen LogP contribution in [0.15, 0.2) is 53.3 Å². The van der Waals surface area contributed by atoms with Gasteiger partial charge in [0.1, 0.15) is 5.52 Å². The first kappa shape index (κ1) is 16.1. The van der Waals surface area contributed by atoms with Gasteiger partial charge in [-0.3, -0.25) is 9.59 Å². The van der Waals surface area contributed by atoms with Crippen LogP contribution in [0.2, 0.25) is 5.02 Å². The number of rotatable bonds is 5. The Morgan fingerprint density at radius 3 is 2.67 bits per heavy atom. The molecular weight excluding hydrogens is 328 g/mol. The number of amides is 1. The number of fused-ring (bicyclic) bond motifs is 1. The topological polar surface area (TPSA) is 76.9 Å². The highest BCUT2D eigenvalue weighted by Gasteiger charge is 2.07. The van der Waals surface area contributed by atoms with Gasteiger partial charge in [0.15, 0.2) is 0 Å². The Kier molecular flexibility index (Phi) is 4.86. The maximum absolute atomic E-state index is 12.3. The SMILES string of the molecule is O=C(CCCn1nnc2ccccc2c1=O)Nc1ccc(Cl)cc1. The molecule has 0 bridgehead atoms. The Morgan fingerprint density at radius 2 is 1.88 bits per heavy atom. The van der Waals surface area contributed by atoms with Gasteiger partial charge in [-0.1, -0.05) is 28.9 Å². The second-order valence-corrected chi connectivity index (χ2v) is 5.73. The first-order valence-corrected chi connectivity index (χ1v) is 7.89. The Labute approximate surface area is 143 Å². The number of aromatic nitrogens is 3. The van der Waals surface area contributed by atoms with Gasteiger partial charge in [-0.05, 0) is 42.8 Å². The summed E-state index contributed by atoms with van der Waals surface area (Å²) in [6, 6.07) is 13.9. The molecule has 2 aromatic carbocycles. The summed E-state index contributed by atoms with van der Waals surface area (Å²) in [4.78, 5) is 24.2. The van der Waals surface area contributed by atoms with Gasteiger partial charge in [-0.15, -0.1) is 5.10 Å². The molecule has 24 heavy (non-hydrogen) atoms. The molecule has 1 amide bonds. The van der Waals surface area contributed by atoms with Crippen LogP contribution in [-0.2, 0) is 11.3 Å². The minimum Gasteiger partial charge on any atom is -0.326 e. The Balaban J connectivity index is 1.58. The molecule has 1 heterocycles. The summed E-state index contributed by atoms with van der Waals surface area (Å²) in [5, 5.41) is 11.8. The molecule has 3 rings (SSSR count). The van der Waals surface area contributed by atoms with Gasteiger partial charge < -0.3 is 5.32 Å². The van der Waals surface area contributed by atoms with Crippen molar-refractivity contribution < 1.29 is 4.79 Å². The predicted molar refractivity (Wildman–Crippen MR) is 93.1 cm³/mol. The summed E-state index contributed by atoms with van der Waals surface area (Å²) in [6.45, 7) is 0.338. The van der Waals surface area contributed by atoms with Crippen molar-refractivity contribution in [2.24, 2.45) is 0 Å². The van der Waals surface area contributed by atoms with Crippen LogP contribution in [0.1, 0.15) is 12.8 Å². The number of hydrogen-bond acceptors (Lipinski definition) is 4. The molecule has 0 radical (unpaired) electrons. The number of nitrogens with one attached hydrogen (secondary N) is 1. The molecular formula is C17H15ClN4O2. The second kappa shape index (κ2) is 7.23. The lowest BCUT2D eigenvalue weighted by molar-refractivity contribution is -0.116. The fourth-order valence-electron chi connectivity index (χ4n) is 2.32. The molecule has 0 aliphatic carbocycles. The van der Waals surface area contributed by atoms with Gasteiger partial charge in [0.25, 0.3) is 5.56 Å². The van der Waals surface area contributed by atoms with E-state index in [9.17, 15) is 9.59 Å². The molecule has 1 N–H and O–H groups in total. The van der Waals surface area contributed by atoms with Gasteiger partial charge >= 0.3 is 0 Å². The van der Waals surface area contributed by atoms with E-state index in [1.807, 2.05) is 6.07 Å². The molecule has 0 saturated heterocycles. The zero-order valence-electron chi connectivity index (χ0n) is 12.8. The maximum Gasteiger partial charge on any atom is 0.277 e. The third-order valence-electron chi connectivity index (χ3n) is 3.53. The van der Waals surface area contributed by atoms with Crippen LogP contribution < -0.4 is 10.9 Å². The molecule has 6 nitrogen and oxygen atoms in total. The maximum atomic E-state index is 12.3. The normalized spacial score (nSPS) is 10.7. The van der Waals surface area contributed by atoms with E-state index in [2.05, 4.69) is 15.6 Å². The van der Waals surface area contributed by atoms with Gasteiger partial charge in [0.05, 0.1) is 5.39 Å². The number of anilines is 1. The predicted octanol–water partition coefficient (Wildman–Crippen LogP) is 2.86. The zero-order chi connectivity index (χ0) is 16.9. The Bertz CT molecular complexity index is 922. The molecule has 0 aliphatic heterocycles. The first-order valence-electron chi connectivity index (χ1n) is 7.51. The van der Waals surface area contributed by atoms with Crippen LogP contribution in [-0.4, -0.2) is 20.9 Å². The van der Waals surface area contributed by atoms with E-state index in [1.54, 1.807) is 42.5 Å². The van der Waals surface area contributed by atoms with Crippen molar-refractivity contribution in [3.8, 4) is 0 Å². The molecule has 0 unspecified atom stereocenters. The second-order valence-electron chi connectivity index (χ2n) is 5.29. The Hall–Kier alpha value is -2.73. The van der Waals surface area contributed by atoms with E-state index in [1.165, 1.54) is 4.68 Å². The van der Waals surface area contributed by atoms with Crippen LogP contribution in [0.3, 0.4) is 0 Å². The van der Waals surface area contributed by atoms with Gasteiger partial charge in [0.2, 0.25) is 5.91 Å². The number of benzene rings is 2. The van der Waals surface area contributed by atoms with Crippen molar-refractivity contribution in [2.45, 2.75) is 19.4 Å². The van der Waals surface area contributed by atoms with E-state index in [0.29, 0.717) is 34.6 Å². The summed E-state index contributed by atoms with van der Waals surface area (Å²) in [5.74, 6) is -0.126. The zero-order valence-corrected chi connectivity index (χ0v) is 13.5. The molecule has 3 aromatic rings. The number of aryl methyl sites for hydroxylation is 1. The van der Waals surface area contributed by atoms with Crippen molar-refractivity contribution in [1.82, 2.24) is 15.0 Å². The summed E-state index contributed by atoms with van der Waals surface area (Å²) in [6.07, 6.45) is 0.774. The summed E-state index contributed by atoms with van der Waals surface area (Å²) < 4.78 is 1.29. The highest BCUT2D eigenvalue weighted by atomic mass is 35.5. The van der Waals surface area contributed by atoms with Gasteiger partial charge in [-0.2, -0.15) is 0 Å². The summed E-state index contributed by atoms with van der Waals surface area (Å²) >= 11 is 5.80. The van der Waals surface area contributed by atoms with Gasteiger partial charge in [-0.25, -0.2) is 4.68 Å². The van der Waals surface area contributed by atoms with Gasteiger partial charge in [0, 0.05) is 23.7 Å². The molecule has 0 spiro atoms. The number of carbonyl (C=O) groups excluding carboxylic acids is 1. The quantitative estimate of drug-likeness (QED) is 0.773. The van der Waals surface area contributed by atoms with Crippen LogP contribution in [0.25, 0.3) is 10.9 Å². The van der Waals surface area contributed by atoms with Crippen LogP contribution in [0.4, 0.5) is 5.69 Å². The molecule has 0 atom stereocenters. The highest BCUT2D eigenvalue weighted by molar-refractivity contribution is 6.30. The average molecular weight is 343 g/mol. The molecule has 0 saturated carbocycles. The van der Waals surface area contributed by atoms with Crippen molar-refractivity contribution in [2.75, 3.05) is 5.32 Å². The van der Waals surface area contributed by atoms with Crippen LogP contribution >= 0.6 is 11.6 Å². The highest BCUT2D eigenvalue weighted by Crippen LogP contribution is 2.13. The fraction of sp³-hybridized carbons (Fsp3) is 0.176. The smallest absolute Gasteiger partial charge is 0.277 e. The molecule has 1 aromatic heterocycles. The number of halogens is 1. The van der Waals surface area contributed by atoms with E-state index >= 15 is 0 Å². The van der Waals surface area contributed by atoms with E-state index < -0.39 is 0 Å². The van der Waals surface area contributed by atoms with Crippen molar-refractivity contribution in [1.29, 1.82) is 0 Å². The van der Waals surface area contributed by atoms with E-state index in [0.717, 1.165) is 0 Å². The first-order chi connectivity index (χ1) is 11.6. The lowest BCUT2D eigenvalue weighted by Crippen LogP contribution is -2.25. The number of nitrogens with zero attached hydrogens (tertiary/aromatic N) is 3. The lowest BCUT2D eigenvalue weighted by Gasteiger charge is -2.06. The Morgan fingerprint density at radius 1 is 1.12 bits per heavy atom. The van der Waals surface area contributed by atoms with Crippen molar-refractivity contribution >= 4 is 34.1 Å². The summed E-state index contributed by atoms with van der Waals surface area (Å²) in [7, 11) is 0. The third kappa shape index (κ3) is 3.78. The fourth-order valence-corrected chi connectivity index (χ4v) is 2.44. The van der Waals surface area contributed by atoms with Crippen LogP contribution in [0, 0.1) is 0 Å². The monoisotopic (exact) mass is 342 g/mol. The molecule has 0 fully saturated rings. The summed E-state index contributed by atoms with van der Waals surface area (Å²) in [5.41, 5.74) is 1.06.